The van der Waals surface area contributed by atoms with Gasteiger partial charge in [0.15, 0.2) is 0 Å². The monoisotopic (exact) mass is 348 g/mol. The summed E-state index contributed by atoms with van der Waals surface area (Å²) in [6, 6.07) is 7.51. The lowest BCUT2D eigenvalue weighted by Crippen LogP contribution is -2.41. The van der Waals surface area contributed by atoms with E-state index in [4.69, 9.17) is 15.2 Å². The van der Waals surface area contributed by atoms with E-state index in [0.717, 1.165) is 63.3 Å². The standard InChI is InChI=1S/C20H32N2O3/c1-2-3-4-15-24-18-8-6-17(7-9-18)20(23)22-13-10-19(11-14-22)25-16-5-12-21/h6-9,19H,2-5,10-16,21H2,1H3. The summed E-state index contributed by atoms with van der Waals surface area (Å²) >= 11 is 0. The molecule has 0 unspecified atom stereocenters. The van der Waals surface area contributed by atoms with Crippen molar-refractivity contribution in [1.82, 2.24) is 4.90 Å². The molecule has 0 saturated carbocycles. The van der Waals surface area contributed by atoms with E-state index in [9.17, 15) is 4.79 Å². The van der Waals surface area contributed by atoms with Gasteiger partial charge in [0.05, 0.1) is 12.7 Å². The van der Waals surface area contributed by atoms with Gasteiger partial charge in [-0.1, -0.05) is 19.8 Å². The molecular weight excluding hydrogens is 316 g/mol. The summed E-state index contributed by atoms with van der Waals surface area (Å²) in [6.45, 7) is 5.79. The van der Waals surface area contributed by atoms with Crippen LogP contribution in [0.15, 0.2) is 24.3 Å². The Morgan fingerprint density at radius 3 is 2.48 bits per heavy atom. The highest BCUT2D eigenvalue weighted by Gasteiger charge is 2.23. The van der Waals surface area contributed by atoms with Crippen molar-refractivity contribution >= 4 is 5.91 Å². The summed E-state index contributed by atoms with van der Waals surface area (Å²) in [5.74, 6) is 0.928. The molecule has 25 heavy (non-hydrogen) atoms. The lowest BCUT2D eigenvalue weighted by atomic mass is 10.1. The lowest BCUT2D eigenvalue weighted by Gasteiger charge is -2.32. The second-order valence-corrected chi connectivity index (χ2v) is 6.58. The highest BCUT2D eigenvalue weighted by atomic mass is 16.5. The number of nitrogens with zero attached hydrogens (tertiary/aromatic N) is 1. The minimum atomic E-state index is 0.0953. The van der Waals surface area contributed by atoms with Gasteiger partial charge in [-0.2, -0.15) is 0 Å². The van der Waals surface area contributed by atoms with Crippen LogP contribution in [0.2, 0.25) is 0 Å². The van der Waals surface area contributed by atoms with Gasteiger partial charge in [0.25, 0.3) is 5.91 Å². The molecule has 5 nitrogen and oxygen atoms in total. The molecule has 0 atom stereocenters. The van der Waals surface area contributed by atoms with Crippen molar-refractivity contribution in [3.8, 4) is 5.75 Å². The van der Waals surface area contributed by atoms with Crippen molar-refractivity contribution in [3.63, 3.8) is 0 Å². The van der Waals surface area contributed by atoms with E-state index in [1.807, 2.05) is 29.2 Å². The quantitative estimate of drug-likeness (QED) is 0.659. The number of hydrogen-bond donors (Lipinski definition) is 1. The van der Waals surface area contributed by atoms with Gasteiger partial charge in [0, 0.05) is 25.3 Å². The van der Waals surface area contributed by atoms with E-state index in [0.29, 0.717) is 6.54 Å². The largest absolute Gasteiger partial charge is 0.494 e. The third-order valence-corrected chi connectivity index (χ3v) is 4.55. The summed E-state index contributed by atoms with van der Waals surface area (Å²) in [5.41, 5.74) is 6.20. The first-order valence-electron chi connectivity index (χ1n) is 9.58. The van der Waals surface area contributed by atoms with Crippen LogP contribution < -0.4 is 10.5 Å². The van der Waals surface area contributed by atoms with Crippen LogP contribution in [0, 0.1) is 0 Å². The minimum Gasteiger partial charge on any atom is -0.494 e. The molecule has 140 valence electrons. The summed E-state index contributed by atoms with van der Waals surface area (Å²) in [5, 5.41) is 0. The number of piperidine rings is 1. The Morgan fingerprint density at radius 1 is 1.12 bits per heavy atom. The molecule has 2 N–H and O–H groups in total. The number of ether oxygens (including phenoxy) is 2. The van der Waals surface area contributed by atoms with Crippen LogP contribution in [0.1, 0.15) is 55.8 Å². The van der Waals surface area contributed by atoms with Gasteiger partial charge in [-0.3, -0.25) is 4.79 Å². The Bertz CT molecular complexity index is 496. The third kappa shape index (κ3) is 6.67. The van der Waals surface area contributed by atoms with E-state index in [-0.39, 0.29) is 12.0 Å². The first-order chi connectivity index (χ1) is 12.2. The molecule has 1 aromatic carbocycles. The van der Waals surface area contributed by atoms with Gasteiger partial charge in [-0.25, -0.2) is 0 Å². The van der Waals surface area contributed by atoms with Crippen LogP contribution in [0.4, 0.5) is 0 Å². The molecule has 1 fully saturated rings. The summed E-state index contributed by atoms with van der Waals surface area (Å²) in [6.07, 6.45) is 6.39. The average molecular weight is 348 g/mol. The van der Waals surface area contributed by atoms with Gasteiger partial charge in [-0.05, 0) is 56.5 Å². The highest BCUT2D eigenvalue weighted by Crippen LogP contribution is 2.18. The minimum absolute atomic E-state index is 0.0953. The van der Waals surface area contributed by atoms with Crippen molar-refractivity contribution in [1.29, 1.82) is 0 Å². The average Bonchev–Trinajstić information content (AvgIpc) is 2.66. The molecular formula is C20H32N2O3. The second-order valence-electron chi connectivity index (χ2n) is 6.58. The molecule has 0 aromatic heterocycles. The number of amides is 1. The van der Waals surface area contributed by atoms with Crippen LogP contribution in [-0.4, -0.2) is 49.8 Å². The Labute approximate surface area is 151 Å². The fraction of sp³-hybridized carbons (Fsp3) is 0.650. The topological polar surface area (TPSA) is 64.8 Å². The van der Waals surface area contributed by atoms with Gasteiger partial charge in [-0.15, -0.1) is 0 Å². The maximum Gasteiger partial charge on any atom is 0.253 e. The predicted octanol–water partition coefficient (Wildman–Crippen LogP) is 3.23. The van der Waals surface area contributed by atoms with E-state index in [1.165, 1.54) is 12.8 Å². The fourth-order valence-electron chi connectivity index (χ4n) is 2.98. The van der Waals surface area contributed by atoms with Crippen molar-refractivity contribution in [2.75, 3.05) is 32.8 Å². The van der Waals surface area contributed by atoms with Crippen LogP contribution in [0.25, 0.3) is 0 Å². The Kier molecular flexibility index (Phi) is 8.77. The molecule has 0 spiro atoms. The third-order valence-electron chi connectivity index (χ3n) is 4.55. The highest BCUT2D eigenvalue weighted by molar-refractivity contribution is 5.94. The van der Waals surface area contributed by atoms with Gasteiger partial charge in [0.2, 0.25) is 0 Å². The number of rotatable bonds is 10. The molecule has 0 bridgehead atoms. The van der Waals surface area contributed by atoms with E-state index in [2.05, 4.69) is 6.92 Å². The zero-order valence-electron chi connectivity index (χ0n) is 15.4. The van der Waals surface area contributed by atoms with Gasteiger partial charge < -0.3 is 20.1 Å². The number of nitrogens with two attached hydrogens (primary N) is 1. The van der Waals surface area contributed by atoms with Gasteiger partial charge in [0.1, 0.15) is 5.75 Å². The molecule has 1 aromatic rings. The van der Waals surface area contributed by atoms with Crippen molar-refractivity contribution in [2.45, 2.75) is 51.6 Å². The Balaban J connectivity index is 1.75. The van der Waals surface area contributed by atoms with Crippen molar-refractivity contribution in [2.24, 2.45) is 5.73 Å². The molecule has 1 aliphatic heterocycles. The first-order valence-corrected chi connectivity index (χ1v) is 9.58. The molecule has 1 amide bonds. The Hall–Kier alpha value is -1.59. The number of carbonyl (C=O) groups excluding carboxylic acids is 1. The number of likely N-dealkylation sites (tertiary alicyclic amines) is 1. The van der Waals surface area contributed by atoms with Crippen LogP contribution in [0.3, 0.4) is 0 Å². The number of hydrogen-bond acceptors (Lipinski definition) is 4. The lowest BCUT2D eigenvalue weighted by molar-refractivity contribution is 0.00845. The predicted molar refractivity (Wildman–Crippen MR) is 100 cm³/mol. The summed E-state index contributed by atoms with van der Waals surface area (Å²) < 4.78 is 11.5. The van der Waals surface area contributed by atoms with Crippen molar-refractivity contribution < 1.29 is 14.3 Å². The molecule has 1 saturated heterocycles. The number of benzene rings is 1. The van der Waals surface area contributed by atoms with Crippen LogP contribution >= 0.6 is 0 Å². The zero-order valence-corrected chi connectivity index (χ0v) is 15.4. The smallest absolute Gasteiger partial charge is 0.253 e. The fourth-order valence-corrected chi connectivity index (χ4v) is 2.98. The molecule has 0 radical (unpaired) electrons. The first kappa shape index (κ1) is 19.7. The maximum absolute atomic E-state index is 12.6. The van der Waals surface area contributed by atoms with E-state index in [1.54, 1.807) is 0 Å². The van der Waals surface area contributed by atoms with E-state index < -0.39 is 0 Å². The zero-order chi connectivity index (χ0) is 17.9. The summed E-state index contributed by atoms with van der Waals surface area (Å²) in [7, 11) is 0. The maximum atomic E-state index is 12.6. The van der Waals surface area contributed by atoms with Crippen LogP contribution in [-0.2, 0) is 4.74 Å². The van der Waals surface area contributed by atoms with E-state index >= 15 is 0 Å². The van der Waals surface area contributed by atoms with Gasteiger partial charge >= 0.3 is 0 Å². The molecule has 2 rings (SSSR count). The summed E-state index contributed by atoms with van der Waals surface area (Å²) in [4.78, 5) is 14.5. The normalized spacial score (nSPS) is 15.4. The molecule has 1 aliphatic rings. The number of carbonyl (C=O) groups is 1. The SMILES string of the molecule is CCCCCOc1ccc(C(=O)N2CCC(OCCCN)CC2)cc1. The Morgan fingerprint density at radius 2 is 1.84 bits per heavy atom. The van der Waals surface area contributed by atoms with Crippen LogP contribution in [0.5, 0.6) is 5.75 Å². The van der Waals surface area contributed by atoms with Crippen molar-refractivity contribution in [3.05, 3.63) is 29.8 Å². The molecule has 1 heterocycles. The molecule has 5 heteroatoms. The molecule has 0 aliphatic carbocycles. The number of unbranched alkanes of at least 4 members (excludes halogenated alkanes) is 2. The second kappa shape index (κ2) is 11.1.